The van der Waals surface area contributed by atoms with Crippen molar-refractivity contribution in [2.75, 3.05) is 17.1 Å². The normalized spacial score (nSPS) is 12.6. The molecule has 7 heteroatoms. The van der Waals surface area contributed by atoms with Gasteiger partial charge in [0.1, 0.15) is 5.82 Å². The number of aromatic nitrogens is 1. The van der Waals surface area contributed by atoms with Crippen molar-refractivity contribution in [1.29, 1.82) is 0 Å². The van der Waals surface area contributed by atoms with Crippen LogP contribution in [0, 0.1) is 0 Å². The topological polar surface area (TPSA) is 24.9 Å². The zero-order valence-electron chi connectivity index (χ0n) is 9.69. The third-order valence-electron chi connectivity index (χ3n) is 2.69. The standard InChI is InChI=1S/C11H13Cl2F3N2/c1-2-10(6-12,7-13)18-9-8(11(14,15)16)4-3-5-17-9/h3-5H,2,6-7H2,1H3,(H,17,18). The maximum absolute atomic E-state index is 12.8. The third-order valence-corrected chi connectivity index (χ3v) is 3.71. The van der Waals surface area contributed by atoms with Crippen LogP contribution in [-0.2, 0) is 6.18 Å². The molecule has 0 atom stereocenters. The molecule has 0 aliphatic carbocycles. The summed E-state index contributed by atoms with van der Waals surface area (Å²) in [4.78, 5) is 3.73. The molecule has 0 aromatic carbocycles. The Balaban J connectivity index is 3.11. The van der Waals surface area contributed by atoms with Crippen molar-refractivity contribution in [2.24, 2.45) is 0 Å². The van der Waals surface area contributed by atoms with Gasteiger partial charge in [-0.15, -0.1) is 23.2 Å². The van der Waals surface area contributed by atoms with Gasteiger partial charge in [-0.2, -0.15) is 13.2 Å². The molecular formula is C11H13Cl2F3N2. The van der Waals surface area contributed by atoms with Crippen molar-refractivity contribution in [1.82, 2.24) is 4.98 Å². The molecule has 0 aliphatic rings. The van der Waals surface area contributed by atoms with E-state index in [0.717, 1.165) is 6.07 Å². The molecule has 0 aliphatic heterocycles. The zero-order valence-corrected chi connectivity index (χ0v) is 11.2. The van der Waals surface area contributed by atoms with Gasteiger partial charge < -0.3 is 5.32 Å². The van der Waals surface area contributed by atoms with Crippen LogP contribution in [0.25, 0.3) is 0 Å². The second-order valence-corrected chi connectivity index (χ2v) is 4.46. The van der Waals surface area contributed by atoms with Crippen LogP contribution in [0.4, 0.5) is 19.0 Å². The highest BCUT2D eigenvalue weighted by Crippen LogP contribution is 2.35. The molecule has 18 heavy (non-hydrogen) atoms. The number of anilines is 1. The predicted octanol–water partition coefficient (Wildman–Crippen LogP) is 4.14. The number of halogens is 5. The van der Waals surface area contributed by atoms with Crippen molar-refractivity contribution in [2.45, 2.75) is 25.1 Å². The Bertz CT molecular complexity index is 384. The summed E-state index contributed by atoms with van der Waals surface area (Å²) in [6, 6.07) is 2.21. The van der Waals surface area contributed by atoms with Crippen LogP contribution in [0.15, 0.2) is 18.3 Å². The number of nitrogens with zero attached hydrogens (tertiary/aromatic N) is 1. The first kappa shape index (κ1) is 15.4. The van der Waals surface area contributed by atoms with Gasteiger partial charge in [-0.3, -0.25) is 0 Å². The summed E-state index contributed by atoms with van der Waals surface area (Å²) in [5.41, 5.74) is -1.62. The molecule has 0 amide bonds. The van der Waals surface area contributed by atoms with Crippen molar-refractivity contribution < 1.29 is 13.2 Å². The van der Waals surface area contributed by atoms with E-state index in [2.05, 4.69) is 10.3 Å². The first-order valence-electron chi connectivity index (χ1n) is 5.31. The van der Waals surface area contributed by atoms with E-state index in [1.54, 1.807) is 6.92 Å². The number of nitrogens with one attached hydrogen (secondary N) is 1. The summed E-state index contributed by atoms with van der Waals surface area (Å²) in [7, 11) is 0. The fraction of sp³-hybridized carbons (Fsp3) is 0.545. The Labute approximate surface area is 113 Å². The van der Waals surface area contributed by atoms with E-state index in [-0.39, 0.29) is 17.6 Å². The molecule has 0 fully saturated rings. The largest absolute Gasteiger partial charge is 0.419 e. The van der Waals surface area contributed by atoms with E-state index in [0.29, 0.717) is 6.42 Å². The fourth-order valence-corrected chi connectivity index (χ4v) is 2.16. The smallest absolute Gasteiger partial charge is 0.362 e. The van der Waals surface area contributed by atoms with E-state index in [1.165, 1.54) is 12.3 Å². The molecule has 0 spiro atoms. The number of hydrogen-bond donors (Lipinski definition) is 1. The molecule has 1 heterocycles. The second kappa shape index (κ2) is 5.97. The van der Waals surface area contributed by atoms with Gasteiger partial charge in [0.2, 0.25) is 0 Å². The summed E-state index contributed by atoms with van der Waals surface area (Å²) in [5, 5.41) is 2.72. The van der Waals surface area contributed by atoms with Crippen molar-refractivity contribution in [3.63, 3.8) is 0 Å². The lowest BCUT2D eigenvalue weighted by molar-refractivity contribution is -0.137. The molecule has 1 rings (SSSR count). The Hall–Kier alpha value is -0.680. The van der Waals surface area contributed by atoms with E-state index >= 15 is 0 Å². The van der Waals surface area contributed by atoms with E-state index in [4.69, 9.17) is 23.2 Å². The Kier molecular flexibility index (Phi) is 5.10. The maximum Gasteiger partial charge on any atom is 0.419 e. The van der Waals surface area contributed by atoms with Crippen molar-refractivity contribution in [3.05, 3.63) is 23.9 Å². The molecular weight excluding hydrogens is 288 g/mol. The molecule has 0 saturated carbocycles. The molecule has 0 unspecified atom stereocenters. The van der Waals surface area contributed by atoms with Gasteiger partial charge in [0.25, 0.3) is 0 Å². The number of hydrogen-bond acceptors (Lipinski definition) is 2. The average Bonchev–Trinajstić information content (AvgIpc) is 2.35. The first-order valence-corrected chi connectivity index (χ1v) is 6.38. The first-order chi connectivity index (χ1) is 8.38. The van der Waals surface area contributed by atoms with Gasteiger partial charge >= 0.3 is 6.18 Å². The molecule has 1 aromatic rings. The van der Waals surface area contributed by atoms with E-state index in [1.807, 2.05) is 0 Å². The minimum Gasteiger partial charge on any atom is -0.362 e. The maximum atomic E-state index is 12.8. The van der Waals surface area contributed by atoms with Crippen LogP contribution in [0.3, 0.4) is 0 Å². The summed E-state index contributed by atoms with van der Waals surface area (Å²) >= 11 is 11.6. The Morgan fingerprint density at radius 1 is 1.28 bits per heavy atom. The lowest BCUT2D eigenvalue weighted by atomic mass is 10.0. The third kappa shape index (κ3) is 3.42. The fourth-order valence-electron chi connectivity index (χ4n) is 1.36. The number of rotatable bonds is 5. The van der Waals surface area contributed by atoms with Crippen LogP contribution in [-0.4, -0.2) is 22.3 Å². The average molecular weight is 301 g/mol. The minimum absolute atomic E-state index is 0.0981. The van der Waals surface area contributed by atoms with Gasteiger partial charge in [0.15, 0.2) is 0 Å². The highest BCUT2D eigenvalue weighted by atomic mass is 35.5. The highest BCUT2D eigenvalue weighted by molar-refractivity contribution is 6.22. The van der Waals surface area contributed by atoms with Gasteiger partial charge in [0.05, 0.1) is 11.1 Å². The molecule has 1 N–H and O–H groups in total. The molecule has 1 aromatic heterocycles. The highest BCUT2D eigenvalue weighted by Gasteiger charge is 2.36. The van der Waals surface area contributed by atoms with Crippen LogP contribution >= 0.6 is 23.2 Å². The Morgan fingerprint density at radius 2 is 1.89 bits per heavy atom. The van der Waals surface area contributed by atoms with E-state index < -0.39 is 17.3 Å². The molecule has 0 saturated heterocycles. The lowest BCUT2D eigenvalue weighted by Gasteiger charge is -2.31. The lowest BCUT2D eigenvalue weighted by Crippen LogP contribution is -2.42. The minimum atomic E-state index is -4.46. The van der Waals surface area contributed by atoms with Crippen LogP contribution < -0.4 is 5.32 Å². The quantitative estimate of drug-likeness (QED) is 0.827. The van der Waals surface area contributed by atoms with Crippen LogP contribution in [0.1, 0.15) is 18.9 Å². The van der Waals surface area contributed by atoms with Crippen LogP contribution in [0.5, 0.6) is 0 Å². The predicted molar refractivity (Wildman–Crippen MR) is 67.3 cm³/mol. The Morgan fingerprint density at radius 3 is 2.33 bits per heavy atom. The van der Waals surface area contributed by atoms with Gasteiger partial charge in [-0.05, 0) is 18.6 Å². The SMILES string of the molecule is CCC(CCl)(CCl)Nc1ncccc1C(F)(F)F. The zero-order chi connectivity index (χ0) is 13.8. The summed E-state index contributed by atoms with van der Waals surface area (Å²) in [6.07, 6.45) is -2.68. The van der Waals surface area contributed by atoms with Gasteiger partial charge in [0, 0.05) is 18.0 Å². The number of pyridine rings is 1. The second-order valence-electron chi connectivity index (χ2n) is 3.92. The summed E-state index contributed by atoms with van der Waals surface area (Å²) < 4.78 is 38.4. The van der Waals surface area contributed by atoms with Crippen molar-refractivity contribution >= 4 is 29.0 Å². The summed E-state index contributed by atoms with van der Waals surface area (Å²) in [6.45, 7) is 1.80. The molecule has 102 valence electrons. The van der Waals surface area contributed by atoms with E-state index in [9.17, 15) is 13.2 Å². The van der Waals surface area contributed by atoms with Crippen LogP contribution in [0.2, 0.25) is 0 Å². The number of alkyl halides is 5. The monoisotopic (exact) mass is 300 g/mol. The van der Waals surface area contributed by atoms with Crippen molar-refractivity contribution in [3.8, 4) is 0 Å². The molecule has 0 radical (unpaired) electrons. The van der Waals surface area contributed by atoms with Gasteiger partial charge in [-0.25, -0.2) is 4.98 Å². The van der Waals surface area contributed by atoms with Gasteiger partial charge in [-0.1, -0.05) is 6.92 Å². The molecule has 0 bridgehead atoms. The summed E-state index contributed by atoms with van der Waals surface area (Å²) in [5.74, 6) is -0.0463. The molecule has 2 nitrogen and oxygen atoms in total.